The molecule has 3 atom stereocenters. The van der Waals surface area contributed by atoms with Crippen molar-refractivity contribution in [2.75, 3.05) is 20.7 Å². The molecule has 1 unspecified atom stereocenters. The number of allylic oxidation sites excluding steroid dienone is 2. The van der Waals surface area contributed by atoms with E-state index in [0.29, 0.717) is 11.8 Å². The number of phenols is 1. The standard InChI is InChI=1S/C18H21NO3/c1-4-19(2)12-9-10-5-7-13(20)17-15(10)16-11(12)6-8-14(21-3)18(16)22-17/h5-8,12,16,18,20H,4,9H2,1-3H3/t12-,16?,18+/m1/s1. The van der Waals surface area contributed by atoms with E-state index in [9.17, 15) is 5.11 Å². The van der Waals surface area contributed by atoms with E-state index in [1.807, 2.05) is 12.1 Å². The fraction of sp³-hybridized carbons (Fsp3) is 0.444. The molecule has 0 amide bonds. The van der Waals surface area contributed by atoms with Crippen molar-refractivity contribution < 1.29 is 14.6 Å². The Balaban J connectivity index is 1.91. The minimum absolute atomic E-state index is 0.153. The second kappa shape index (κ2) is 4.78. The second-order valence-electron chi connectivity index (χ2n) is 6.24. The van der Waals surface area contributed by atoms with Crippen LogP contribution in [0.4, 0.5) is 0 Å². The van der Waals surface area contributed by atoms with Crippen molar-refractivity contribution in [3.8, 4) is 11.5 Å². The van der Waals surface area contributed by atoms with Crippen molar-refractivity contribution in [2.24, 2.45) is 0 Å². The van der Waals surface area contributed by atoms with Gasteiger partial charge in [-0.1, -0.05) is 19.1 Å². The molecule has 22 heavy (non-hydrogen) atoms. The Morgan fingerprint density at radius 1 is 1.36 bits per heavy atom. The molecule has 4 heteroatoms. The topological polar surface area (TPSA) is 41.9 Å². The quantitative estimate of drug-likeness (QED) is 0.931. The highest BCUT2D eigenvalue weighted by atomic mass is 16.5. The van der Waals surface area contributed by atoms with Gasteiger partial charge in [0.15, 0.2) is 17.6 Å². The van der Waals surface area contributed by atoms with Crippen molar-refractivity contribution >= 4 is 0 Å². The number of methoxy groups -OCH3 is 1. The lowest BCUT2D eigenvalue weighted by Crippen LogP contribution is -2.42. The third kappa shape index (κ3) is 1.67. The molecule has 0 saturated heterocycles. The van der Waals surface area contributed by atoms with Crippen LogP contribution in [0.15, 0.2) is 35.6 Å². The Hall–Kier alpha value is -1.94. The van der Waals surface area contributed by atoms with Gasteiger partial charge >= 0.3 is 0 Å². The maximum atomic E-state index is 10.2. The molecule has 1 aromatic rings. The molecule has 2 aliphatic carbocycles. The van der Waals surface area contributed by atoms with E-state index >= 15 is 0 Å². The zero-order chi connectivity index (χ0) is 15.4. The summed E-state index contributed by atoms with van der Waals surface area (Å²) in [4.78, 5) is 2.38. The lowest BCUT2D eigenvalue weighted by atomic mass is 9.72. The molecule has 4 nitrogen and oxygen atoms in total. The van der Waals surface area contributed by atoms with Gasteiger partial charge in [0.1, 0.15) is 5.76 Å². The van der Waals surface area contributed by atoms with Crippen LogP contribution in [0.5, 0.6) is 11.5 Å². The molecule has 0 fully saturated rings. The summed E-state index contributed by atoms with van der Waals surface area (Å²) >= 11 is 0. The van der Waals surface area contributed by atoms with Gasteiger partial charge in [0.25, 0.3) is 0 Å². The van der Waals surface area contributed by atoms with Gasteiger partial charge in [0.2, 0.25) is 0 Å². The van der Waals surface area contributed by atoms with Crippen molar-refractivity contribution in [2.45, 2.75) is 31.4 Å². The summed E-state index contributed by atoms with van der Waals surface area (Å²) in [6.07, 6.45) is 5.00. The average molecular weight is 299 g/mol. The van der Waals surface area contributed by atoms with E-state index in [4.69, 9.17) is 9.47 Å². The Labute approximate surface area is 130 Å². The first-order chi connectivity index (χ1) is 10.7. The van der Waals surface area contributed by atoms with Gasteiger partial charge in [-0.2, -0.15) is 0 Å². The molecule has 4 rings (SSSR count). The summed E-state index contributed by atoms with van der Waals surface area (Å²) in [5.41, 5.74) is 3.80. The Bertz CT molecular complexity index is 692. The van der Waals surface area contributed by atoms with E-state index in [-0.39, 0.29) is 17.8 Å². The summed E-state index contributed by atoms with van der Waals surface area (Å²) in [6.45, 7) is 3.18. The zero-order valence-corrected chi connectivity index (χ0v) is 13.2. The Kier molecular flexibility index (Phi) is 2.98. The molecule has 0 bridgehead atoms. The number of nitrogens with zero attached hydrogens (tertiary/aromatic N) is 1. The van der Waals surface area contributed by atoms with Crippen LogP contribution in [0, 0.1) is 0 Å². The highest BCUT2D eigenvalue weighted by Crippen LogP contribution is 2.55. The molecule has 0 spiro atoms. The maximum absolute atomic E-state index is 10.2. The summed E-state index contributed by atoms with van der Waals surface area (Å²) < 4.78 is 11.6. The number of hydrogen-bond acceptors (Lipinski definition) is 4. The molecule has 116 valence electrons. The third-order valence-corrected chi connectivity index (χ3v) is 5.27. The maximum Gasteiger partial charge on any atom is 0.166 e. The number of likely N-dealkylation sites (N-methyl/N-ethyl adjacent to an activating group) is 1. The van der Waals surface area contributed by atoms with Crippen LogP contribution in [0.3, 0.4) is 0 Å². The van der Waals surface area contributed by atoms with Crippen LogP contribution >= 0.6 is 0 Å². The molecular formula is C18H21NO3. The predicted octanol–water partition coefficient (Wildman–Crippen LogP) is 2.58. The Morgan fingerprint density at radius 2 is 2.18 bits per heavy atom. The first-order valence-electron chi connectivity index (χ1n) is 7.83. The lowest BCUT2D eigenvalue weighted by molar-refractivity contribution is 0.142. The zero-order valence-electron chi connectivity index (χ0n) is 13.2. The number of hydrogen-bond donors (Lipinski definition) is 1. The second-order valence-corrected chi connectivity index (χ2v) is 6.24. The SMILES string of the molecule is CCN(C)[C@@H]1Cc2ccc(O)c3c2C2C1=CC=C(OC)[C@@H]2O3. The fourth-order valence-corrected chi connectivity index (χ4v) is 4.02. The van der Waals surface area contributed by atoms with Gasteiger partial charge in [0, 0.05) is 11.6 Å². The normalized spacial score (nSPS) is 27.9. The molecule has 3 aliphatic rings. The van der Waals surface area contributed by atoms with Crippen molar-refractivity contribution in [3.05, 3.63) is 46.7 Å². The summed E-state index contributed by atoms with van der Waals surface area (Å²) in [6, 6.07) is 4.16. The van der Waals surface area contributed by atoms with Crippen molar-refractivity contribution in [3.63, 3.8) is 0 Å². The lowest BCUT2D eigenvalue weighted by Gasteiger charge is -2.39. The van der Waals surface area contributed by atoms with Gasteiger partial charge in [-0.25, -0.2) is 0 Å². The van der Waals surface area contributed by atoms with Crippen LogP contribution in [-0.2, 0) is 11.2 Å². The highest BCUT2D eigenvalue weighted by molar-refractivity contribution is 5.62. The molecule has 1 N–H and O–H groups in total. The largest absolute Gasteiger partial charge is 0.504 e. The summed E-state index contributed by atoms with van der Waals surface area (Å²) in [5.74, 6) is 1.85. The van der Waals surface area contributed by atoms with Crippen LogP contribution in [0.25, 0.3) is 0 Å². The molecule has 0 saturated carbocycles. The van der Waals surface area contributed by atoms with E-state index in [2.05, 4.69) is 24.9 Å². The number of benzene rings is 1. The van der Waals surface area contributed by atoms with Gasteiger partial charge in [-0.3, -0.25) is 4.90 Å². The highest BCUT2D eigenvalue weighted by Gasteiger charge is 2.49. The number of ether oxygens (including phenoxy) is 2. The Morgan fingerprint density at radius 3 is 2.91 bits per heavy atom. The van der Waals surface area contributed by atoms with Crippen molar-refractivity contribution in [1.29, 1.82) is 0 Å². The van der Waals surface area contributed by atoms with Crippen LogP contribution in [0.1, 0.15) is 24.0 Å². The van der Waals surface area contributed by atoms with Crippen LogP contribution in [-0.4, -0.2) is 42.9 Å². The van der Waals surface area contributed by atoms with Crippen LogP contribution < -0.4 is 4.74 Å². The molecule has 1 aromatic carbocycles. The summed E-state index contributed by atoms with van der Waals surface area (Å²) in [5, 5.41) is 10.2. The first-order valence-corrected chi connectivity index (χ1v) is 7.83. The predicted molar refractivity (Wildman–Crippen MR) is 84.2 cm³/mol. The van der Waals surface area contributed by atoms with E-state index in [1.165, 1.54) is 11.1 Å². The minimum atomic E-state index is -0.153. The summed E-state index contributed by atoms with van der Waals surface area (Å²) in [7, 11) is 3.84. The smallest absolute Gasteiger partial charge is 0.166 e. The fourth-order valence-electron chi connectivity index (χ4n) is 4.02. The number of aromatic hydroxyl groups is 1. The van der Waals surface area contributed by atoms with Crippen molar-refractivity contribution in [1.82, 2.24) is 4.90 Å². The average Bonchev–Trinajstić information content (AvgIpc) is 2.95. The molecule has 1 heterocycles. The minimum Gasteiger partial charge on any atom is -0.504 e. The van der Waals surface area contributed by atoms with Gasteiger partial charge in [-0.15, -0.1) is 0 Å². The molecule has 0 aromatic heterocycles. The van der Waals surface area contributed by atoms with E-state index < -0.39 is 0 Å². The van der Waals surface area contributed by atoms with Gasteiger partial charge < -0.3 is 14.6 Å². The third-order valence-electron chi connectivity index (χ3n) is 5.27. The first kappa shape index (κ1) is 13.7. The molecule has 1 aliphatic heterocycles. The molecular weight excluding hydrogens is 278 g/mol. The van der Waals surface area contributed by atoms with E-state index in [0.717, 1.165) is 24.3 Å². The molecule has 0 radical (unpaired) electrons. The number of phenolic OH excluding ortho intramolecular Hbond substituents is 1. The monoisotopic (exact) mass is 299 g/mol. The van der Waals surface area contributed by atoms with Crippen LogP contribution in [0.2, 0.25) is 0 Å². The van der Waals surface area contributed by atoms with E-state index in [1.54, 1.807) is 13.2 Å². The van der Waals surface area contributed by atoms with Gasteiger partial charge in [0.05, 0.1) is 13.0 Å². The van der Waals surface area contributed by atoms with Gasteiger partial charge in [-0.05, 0) is 43.3 Å². The number of rotatable bonds is 3.